The second-order valence-electron chi connectivity index (χ2n) is 8.51. The summed E-state index contributed by atoms with van der Waals surface area (Å²) in [5.41, 5.74) is 3.21. The van der Waals surface area contributed by atoms with E-state index in [-0.39, 0.29) is 22.9 Å². The standard InChI is InChI=1S/C23H19N5O2S2/c24-8-12-9-28(10-12)23(30)14-2-4-16-18(5-14)32-22-20(16)21(25-11-26-22)27-15-3-1-13-6-19(29)31-17(13)7-15/h1,3,7,11-12,14H,2,4-6,9-10H2,(H,25,26,27). The van der Waals surface area contributed by atoms with Crippen molar-refractivity contribution in [2.75, 3.05) is 18.4 Å². The molecule has 7 nitrogen and oxygen atoms in total. The molecule has 1 fully saturated rings. The Bertz CT molecular complexity index is 1320. The van der Waals surface area contributed by atoms with Crippen molar-refractivity contribution in [1.29, 1.82) is 5.26 Å². The first-order valence-corrected chi connectivity index (χ1v) is 12.3. The van der Waals surface area contributed by atoms with Gasteiger partial charge in [-0.1, -0.05) is 17.8 Å². The Morgan fingerprint density at radius 3 is 3.00 bits per heavy atom. The lowest BCUT2D eigenvalue weighted by Crippen LogP contribution is -2.52. The Balaban J connectivity index is 1.26. The van der Waals surface area contributed by atoms with Crippen LogP contribution in [0.15, 0.2) is 29.4 Å². The lowest BCUT2D eigenvalue weighted by Gasteiger charge is -2.38. The van der Waals surface area contributed by atoms with E-state index in [0.29, 0.717) is 19.5 Å². The van der Waals surface area contributed by atoms with Crippen molar-refractivity contribution in [1.82, 2.24) is 14.9 Å². The van der Waals surface area contributed by atoms with Crippen LogP contribution in [-0.2, 0) is 28.9 Å². The molecule has 1 atom stereocenters. The Labute approximate surface area is 192 Å². The molecule has 9 heteroatoms. The molecule has 160 valence electrons. The zero-order chi connectivity index (χ0) is 21.8. The van der Waals surface area contributed by atoms with Gasteiger partial charge in [0.2, 0.25) is 5.91 Å². The second-order valence-corrected chi connectivity index (χ2v) is 10.7. The van der Waals surface area contributed by atoms with Crippen LogP contribution in [-0.4, -0.2) is 39.0 Å². The third kappa shape index (κ3) is 3.26. The van der Waals surface area contributed by atoms with Crippen molar-refractivity contribution in [2.24, 2.45) is 11.8 Å². The minimum Gasteiger partial charge on any atom is -0.340 e. The van der Waals surface area contributed by atoms with Crippen LogP contribution in [0.25, 0.3) is 10.2 Å². The SMILES string of the molecule is N#CC1CN(C(=O)C2CCc3c(sc4ncnc(Nc5ccc6c(c5)SC(=O)C6)c34)C2)C1. The third-order valence-corrected chi connectivity index (χ3v) is 8.59. The number of benzene rings is 1. The molecule has 0 radical (unpaired) electrons. The van der Waals surface area contributed by atoms with Crippen LogP contribution in [0.1, 0.15) is 22.4 Å². The molecule has 4 heterocycles. The van der Waals surface area contributed by atoms with Crippen LogP contribution >= 0.6 is 23.1 Å². The Morgan fingerprint density at radius 1 is 1.28 bits per heavy atom. The Kier molecular flexibility index (Phi) is 4.66. The normalized spacial score (nSPS) is 19.9. The van der Waals surface area contributed by atoms with Crippen molar-refractivity contribution in [3.05, 3.63) is 40.5 Å². The van der Waals surface area contributed by atoms with E-state index in [9.17, 15) is 9.59 Å². The molecule has 1 aromatic carbocycles. The van der Waals surface area contributed by atoms with Gasteiger partial charge >= 0.3 is 0 Å². The summed E-state index contributed by atoms with van der Waals surface area (Å²) in [6, 6.07) is 8.23. The summed E-state index contributed by atoms with van der Waals surface area (Å²) in [6.45, 7) is 1.13. The molecule has 1 amide bonds. The van der Waals surface area contributed by atoms with Crippen LogP contribution in [0.2, 0.25) is 0 Å². The van der Waals surface area contributed by atoms with Crippen molar-refractivity contribution in [2.45, 2.75) is 30.6 Å². The molecular formula is C23H19N5O2S2. The number of nitrogens with zero attached hydrogens (tertiary/aromatic N) is 4. The molecule has 1 aliphatic carbocycles. The summed E-state index contributed by atoms with van der Waals surface area (Å²) < 4.78 is 0. The first-order chi connectivity index (χ1) is 15.6. The number of rotatable bonds is 3. The molecule has 0 bridgehead atoms. The highest BCUT2D eigenvalue weighted by Crippen LogP contribution is 2.42. The average Bonchev–Trinajstić information content (AvgIpc) is 3.31. The number of likely N-dealkylation sites (tertiary alicyclic amines) is 1. The number of aromatic nitrogens is 2. The number of anilines is 2. The monoisotopic (exact) mass is 461 g/mol. The van der Waals surface area contributed by atoms with Crippen molar-refractivity contribution in [3.63, 3.8) is 0 Å². The average molecular weight is 462 g/mol. The number of hydrogen-bond acceptors (Lipinski definition) is 8. The van der Waals surface area contributed by atoms with E-state index in [2.05, 4.69) is 21.4 Å². The molecule has 6 rings (SSSR count). The summed E-state index contributed by atoms with van der Waals surface area (Å²) >= 11 is 2.94. The van der Waals surface area contributed by atoms with E-state index in [0.717, 1.165) is 51.4 Å². The Morgan fingerprint density at radius 2 is 2.16 bits per heavy atom. The molecule has 32 heavy (non-hydrogen) atoms. The number of nitrogens with one attached hydrogen (secondary N) is 1. The van der Waals surface area contributed by atoms with Gasteiger partial charge in [-0.15, -0.1) is 11.3 Å². The zero-order valence-electron chi connectivity index (χ0n) is 17.1. The van der Waals surface area contributed by atoms with Crippen LogP contribution in [0, 0.1) is 23.2 Å². The molecule has 2 aromatic heterocycles. The largest absolute Gasteiger partial charge is 0.340 e. The van der Waals surface area contributed by atoms with Crippen molar-refractivity contribution >= 4 is 55.8 Å². The lowest BCUT2D eigenvalue weighted by molar-refractivity contribution is -0.141. The van der Waals surface area contributed by atoms with Gasteiger partial charge < -0.3 is 10.2 Å². The smallest absolute Gasteiger partial charge is 0.226 e. The van der Waals surface area contributed by atoms with Gasteiger partial charge in [-0.05, 0) is 42.5 Å². The van der Waals surface area contributed by atoms with E-state index in [1.165, 1.54) is 22.2 Å². The summed E-state index contributed by atoms with van der Waals surface area (Å²) in [4.78, 5) is 38.5. The molecule has 1 N–H and O–H groups in total. The maximum atomic E-state index is 12.8. The fourth-order valence-corrected chi connectivity index (χ4v) is 6.94. The van der Waals surface area contributed by atoms with Gasteiger partial charge in [0.15, 0.2) is 5.12 Å². The minimum absolute atomic E-state index is 0.0120. The van der Waals surface area contributed by atoms with Crippen LogP contribution in [0.4, 0.5) is 11.5 Å². The van der Waals surface area contributed by atoms with Crippen LogP contribution in [0.5, 0.6) is 0 Å². The highest BCUT2D eigenvalue weighted by atomic mass is 32.2. The molecule has 3 aromatic rings. The van der Waals surface area contributed by atoms with Gasteiger partial charge in [0, 0.05) is 40.9 Å². The number of carbonyl (C=O) groups is 2. The number of aryl methyl sites for hydroxylation is 1. The molecule has 1 unspecified atom stereocenters. The number of fused-ring (bicyclic) bond motifs is 4. The van der Waals surface area contributed by atoms with Gasteiger partial charge in [-0.25, -0.2) is 9.97 Å². The van der Waals surface area contributed by atoms with Crippen LogP contribution < -0.4 is 5.32 Å². The summed E-state index contributed by atoms with van der Waals surface area (Å²) in [7, 11) is 0. The summed E-state index contributed by atoms with van der Waals surface area (Å²) in [6.07, 6.45) is 4.41. The topological polar surface area (TPSA) is 99.0 Å². The van der Waals surface area contributed by atoms with E-state index < -0.39 is 0 Å². The molecule has 0 saturated carbocycles. The first kappa shape index (κ1) is 19.7. The lowest BCUT2D eigenvalue weighted by atomic mass is 9.85. The summed E-state index contributed by atoms with van der Waals surface area (Å²) in [5, 5.41) is 13.6. The highest BCUT2D eigenvalue weighted by Gasteiger charge is 2.37. The number of thioether (sulfide) groups is 1. The van der Waals surface area contributed by atoms with E-state index >= 15 is 0 Å². The van der Waals surface area contributed by atoms with E-state index in [1.807, 2.05) is 23.1 Å². The first-order valence-electron chi connectivity index (χ1n) is 10.6. The fraction of sp³-hybridized carbons (Fsp3) is 0.348. The number of nitriles is 1. The quantitative estimate of drug-likeness (QED) is 0.635. The second kappa shape index (κ2) is 7.57. The number of carbonyl (C=O) groups excluding carboxylic acids is 2. The van der Waals surface area contributed by atoms with Crippen LogP contribution in [0.3, 0.4) is 0 Å². The minimum atomic E-state index is -0.0224. The summed E-state index contributed by atoms with van der Waals surface area (Å²) in [5.74, 6) is 0.910. The van der Waals surface area contributed by atoms with Gasteiger partial charge in [-0.2, -0.15) is 5.26 Å². The third-order valence-electron chi connectivity index (χ3n) is 6.46. The molecular weight excluding hydrogens is 442 g/mol. The molecule has 0 spiro atoms. The van der Waals surface area contributed by atoms with Crippen molar-refractivity contribution < 1.29 is 9.59 Å². The van der Waals surface area contributed by atoms with Gasteiger partial charge in [0.25, 0.3) is 0 Å². The maximum absolute atomic E-state index is 12.8. The van der Waals surface area contributed by atoms with E-state index in [4.69, 9.17) is 5.26 Å². The number of thiophene rings is 1. The molecule has 3 aliphatic rings. The number of hydrogen-bond donors (Lipinski definition) is 1. The zero-order valence-corrected chi connectivity index (χ0v) is 18.8. The molecule has 1 saturated heterocycles. The number of amides is 1. The highest BCUT2D eigenvalue weighted by molar-refractivity contribution is 8.14. The predicted molar refractivity (Wildman–Crippen MR) is 123 cm³/mol. The molecule has 2 aliphatic heterocycles. The maximum Gasteiger partial charge on any atom is 0.226 e. The Hall–Kier alpha value is -2.96. The van der Waals surface area contributed by atoms with Gasteiger partial charge in [0.05, 0.1) is 17.4 Å². The predicted octanol–water partition coefficient (Wildman–Crippen LogP) is 3.70. The van der Waals surface area contributed by atoms with Gasteiger partial charge in [0.1, 0.15) is 17.0 Å². The van der Waals surface area contributed by atoms with Crippen molar-refractivity contribution in [3.8, 4) is 6.07 Å². The van der Waals surface area contributed by atoms with Gasteiger partial charge in [-0.3, -0.25) is 9.59 Å². The fourth-order valence-electron chi connectivity index (χ4n) is 4.74. The van der Waals surface area contributed by atoms with E-state index in [1.54, 1.807) is 17.7 Å².